The first-order valence-corrected chi connectivity index (χ1v) is 7.39. The summed E-state index contributed by atoms with van der Waals surface area (Å²) in [5.41, 5.74) is 1.43. The number of aliphatic hydroxyl groups excluding tert-OH is 1. The largest absolute Gasteiger partial charge is 0.392 e. The zero-order valence-corrected chi connectivity index (χ0v) is 11.6. The number of rotatable bonds is 4. The zero-order valence-electron chi connectivity index (χ0n) is 10.8. The molecule has 0 aliphatic carbocycles. The lowest BCUT2D eigenvalue weighted by atomic mass is 10.2. The summed E-state index contributed by atoms with van der Waals surface area (Å²) in [6, 6.07) is 10.1. The summed E-state index contributed by atoms with van der Waals surface area (Å²) in [5.74, 6) is -0.674. The second kappa shape index (κ2) is 5.60. The summed E-state index contributed by atoms with van der Waals surface area (Å²) < 4.78 is 40.1. The van der Waals surface area contributed by atoms with Crippen molar-refractivity contribution in [1.82, 2.24) is 0 Å². The normalized spacial score (nSPS) is 11.3. The molecule has 0 bridgehead atoms. The second-order valence-corrected chi connectivity index (χ2v) is 6.04. The Kier molecular flexibility index (Phi) is 4.06. The van der Waals surface area contributed by atoms with Crippen molar-refractivity contribution in [3.05, 3.63) is 59.4 Å². The molecule has 0 aromatic heterocycles. The van der Waals surface area contributed by atoms with Crippen molar-refractivity contribution >= 4 is 15.7 Å². The van der Waals surface area contributed by atoms with Gasteiger partial charge in [-0.3, -0.25) is 4.72 Å². The molecule has 0 fully saturated rings. The van der Waals surface area contributed by atoms with Crippen LogP contribution in [0.4, 0.5) is 10.1 Å². The fraction of sp³-hybridized carbons (Fsp3) is 0.143. The van der Waals surface area contributed by atoms with Crippen LogP contribution in [0.3, 0.4) is 0 Å². The van der Waals surface area contributed by atoms with Crippen LogP contribution < -0.4 is 4.72 Å². The highest BCUT2D eigenvalue weighted by Crippen LogP contribution is 2.21. The number of halogens is 1. The molecule has 2 aromatic carbocycles. The molecule has 0 saturated carbocycles. The highest BCUT2D eigenvalue weighted by Gasteiger charge is 2.19. The molecular weight excluding hydrogens is 281 g/mol. The predicted molar refractivity (Wildman–Crippen MR) is 74.3 cm³/mol. The van der Waals surface area contributed by atoms with Crippen molar-refractivity contribution in [2.24, 2.45) is 0 Å². The molecule has 0 aliphatic rings. The molecule has 6 heteroatoms. The maximum atomic E-state index is 13.2. The summed E-state index contributed by atoms with van der Waals surface area (Å²) in [5, 5.41) is 9.17. The Morgan fingerprint density at radius 2 is 1.95 bits per heavy atom. The van der Waals surface area contributed by atoms with Gasteiger partial charge in [-0.15, -0.1) is 0 Å². The molecular formula is C14H14FNO3S. The maximum Gasteiger partial charge on any atom is 0.262 e. The van der Waals surface area contributed by atoms with E-state index in [0.717, 1.165) is 17.7 Å². The van der Waals surface area contributed by atoms with Gasteiger partial charge in [0.15, 0.2) is 0 Å². The topological polar surface area (TPSA) is 66.4 Å². The van der Waals surface area contributed by atoms with Crippen LogP contribution in [0, 0.1) is 12.7 Å². The quantitative estimate of drug-likeness (QED) is 0.910. The lowest BCUT2D eigenvalue weighted by Crippen LogP contribution is -2.15. The van der Waals surface area contributed by atoms with E-state index in [2.05, 4.69) is 4.72 Å². The molecule has 2 rings (SSSR count). The SMILES string of the molecule is Cc1cccc(NS(=O)(=O)c2cc(F)ccc2CO)c1. The third-order valence-electron chi connectivity index (χ3n) is 2.76. The van der Waals surface area contributed by atoms with E-state index in [1.807, 2.05) is 13.0 Å². The molecule has 2 N–H and O–H groups in total. The van der Waals surface area contributed by atoms with Gasteiger partial charge in [-0.1, -0.05) is 18.2 Å². The number of benzene rings is 2. The molecule has 20 heavy (non-hydrogen) atoms. The van der Waals surface area contributed by atoms with Gasteiger partial charge < -0.3 is 5.11 Å². The van der Waals surface area contributed by atoms with Gasteiger partial charge in [0.1, 0.15) is 5.82 Å². The van der Waals surface area contributed by atoms with Gasteiger partial charge in [0, 0.05) is 5.69 Å². The summed E-state index contributed by atoms with van der Waals surface area (Å²) in [6.45, 7) is 1.35. The Hall–Kier alpha value is -1.92. The van der Waals surface area contributed by atoms with Crippen LogP contribution >= 0.6 is 0 Å². The average molecular weight is 295 g/mol. The fourth-order valence-electron chi connectivity index (χ4n) is 1.83. The molecule has 0 amide bonds. The summed E-state index contributed by atoms with van der Waals surface area (Å²) in [7, 11) is -3.95. The molecule has 0 heterocycles. The number of hydrogen-bond donors (Lipinski definition) is 2. The van der Waals surface area contributed by atoms with Crippen LogP contribution in [0.1, 0.15) is 11.1 Å². The zero-order chi connectivity index (χ0) is 14.8. The summed E-state index contributed by atoms with van der Waals surface area (Å²) in [4.78, 5) is -0.262. The highest BCUT2D eigenvalue weighted by atomic mass is 32.2. The maximum absolute atomic E-state index is 13.2. The van der Waals surface area contributed by atoms with Crippen molar-refractivity contribution in [3.8, 4) is 0 Å². The fourth-order valence-corrected chi connectivity index (χ4v) is 3.12. The minimum Gasteiger partial charge on any atom is -0.392 e. The van der Waals surface area contributed by atoms with Crippen molar-refractivity contribution in [2.45, 2.75) is 18.4 Å². The van der Waals surface area contributed by atoms with Crippen LogP contribution in [0.5, 0.6) is 0 Å². The smallest absolute Gasteiger partial charge is 0.262 e. The Morgan fingerprint density at radius 3 is 2.60 bits per heavy atom. The lowest BCUT2D eigenvalue weighted by molar-refractivity contribution is 0.278. The molecule has 106 valence electrons. The van der Waals surface area contributed by atoms with E-state index in [1.165, 1.54) is 6.07 Å². The molecule has 0 saturated heterocycles. The van der Waals surface area contributed by atoms with Crippen LogP contribution in [0.15, 0.2) is 47.4 Å². The van der Waals surface area contributed by atoms with Gasteiger partial charge in [0.25, 0.3) is 10.0 Å². The predicted octanol–water partition coefficient (Wildman–Crippen LogP) is 2.43. The molecule has 0 spiro atoms. The van der Waals surface area contributed by atoms with Gasteiger partial charge in [0.2, 0.25) is 0 Å². The van der Waals surface area contributed by atoms with E-state index < -0.39 is 22.4 Å². The standard InChI is InChI=1S/C14H14FNO3S/c1-10-3-2-4-13(7-10)16-20(18,19)14-8-12(15)6-5-11(14)9-17/h2-8,16-17H,9H2,1H3. The van der Waals surface area contributed by atoms with E-state index in [4.69, 9.17) is 5.11 Å². The minimum atomic E-state index is -3.95. The van der Waals surface area contributed by atoms with Gasteiger partial charge >= 0.3 is 0 Å². The van der Waals surface area contributed by atoms with E-state index in [1.54, 1.807) is 18.2 Å². The van der Waals surface area contributed by atoms with E-state index >= 15 is 0 Å². The van der Waals surface area contributed by atoms with Crippen molar-refractivity contribution < 1.29 is 17.9 Å². The summed E-state index contributed by atoms with van der Waals surface area (Å²) >= 11 is 0. The minimum absolute atomic E-state index is 0.145. The molecule has 2 aromatic rings. The van der Waals surface area contributed by atoms with E-state index in [-0.39, 0.29) is 10.5 Å². The van der Waals surface area contributed by atoms with Crippen molar-refractivity contribution in [3.63, 3.8) is 0 Å². The molecule has 0 unspecified atom stereocenters. The molecule has 0 atom stereocenters. The molecule has 0 aliphatic heterocycles. The van der Waals surface area contributed by atoms with Crippen LogP contribution in [-0.4, -0.2) is 13.5 Å². The first kappa shape index (κ1) is 14.5. The Bertz CT molecular complexity index is 729. The average Bonchev–Trinajstić information content (AvgIpc) is 2.38. The van der Waals surface area contributed by atoms with Crippen LogP contribution in [-0.2, 0) is 16.6 Å². The number of anilines is 1. The lowest BCUT2D eigenvalue weighted by Gasteiger charge is -2.11. The first-order valence-electron chi connectivity index (χ1n) is 5.91. The van der Waals surface area contributed by atoms with Crippen LogP contribution in [0.25, 0.3) is 0 Å². The van der Waals surface area contributed by atoms with Gasteiger partial charge in [-0.2, -0.15) is 0 Å². The third-order valence-corrected chi connectivity index (χ3v) is 4.22. The Balaban J connectivity index is 2.43. The molecule has 4 nitrogen and oxygen atoms in total. The Morgan fingerprint density at radius 1 is 1.20 bits per heavy atom. The second-order valence-electron chi connectivity index (χ2n) is 4.39. The van der Waals surface area contributed by atoms with Gasteiger partial charge in [-0.25, -0.2) is 12.8 Å². The van der Waals surface area contributed by atoms with E-state index in [0.29, 0.717) is 5.69 Å². The van der Waals surface area contributed by atoms with Gasteiger partial charge in [-0.05, 0) is 42.3 Å². The number of aliphatic hydroxyl groups is 1. The Labute approximate surface area is 116 Å². The highest BCUT2D eigenvalue weighted by molar-refractivity contribution is 7.92. The number of sulfonamides is 1. The van der Waals surface area contributed by atoms with Crippen LogP contribution in [0.2, 0.25) is 0 Å². The van der Waals surface area contributed by atoms with Crippen molar-refractivity contribution in [1.29, 1.82) is 0 Å². The van der Waals surface area contributed by atoms with E-state index in [9.17, 15) is 12.8 Å². The van der Waals surface area contributed by atoms with Gasteiger partial charge in [0.05, 0.1) is 11.5 Å². The number of hydrogen-bond acceptors (Lipinski definition) is 3. The number of nitrogens with one attached hydrogen (secondary N) is 1. The first-order chi connectivity index (χ1) is 9.42. The number of aryl methyl sites for hydroxylation is 1. The molecule has 0 radical (unpaired) electrons. The monoisotopic (exact) mass is 295 g/mol. The summed E-state index contributed by atoms with van der Waals surface area (Å²) in [6.07, 6.45) is 0. The van der Waals surface area contributed by atoms with Crippen molar-refractivity contribution in [2.75, 3.05) is 4.72 Å². The third kappa shape index (κ3) is 3.15.